The number of rotatable bonds is 1. The summed E-state index contributed by atoms with van der Waals surface area (Å²) in [6.07, 6.45) is -0.0276. The number of carbonyl (C=O) groups excluding carboxylic acids is 1. The monoisotopic (exact) mass is 269 g/mol. The molecule has 0 bridgehead atoms. The number of benzene rings is 1. The van der Waals surface area contributed by atoms with Crippen LogP contribution in [0, 0.1) is 6.92 Å². The first-order chi connectivity index (χ1) is 7.16. The second-order valence-corrected chi connectivity index (χ2v) is 4.52. The van der Waals surface area contributed by atoms with Gasteiger partial charge in [-0.05, 0) is 30.2 Å². The number of hydrogen-bond donors (Lipinski definition) is 1. The zero-order chi connectivity index (χ0) is 10.8. The van der Waals surface area contributed by atoms with Crippen molar-refractivity contribution < 1.29 is 9.53 Å². The van der Waals surface area contributed by atoms with Crippen molar-refractivity contribution in [3.05, 3.63) is 33.8 Å². The molecule has 1 aliphatic heterocycles. The molecule has 4 heteroatoms. The number of hydrogen-bond acceptors (Lipinski definition) is 2. The van der Waals surface area contributed by atoms with Gasteiger partial charge in [0.1, 0.15) is 12.7 Å². The molecule has 0 aliphatic carbocycles. The molecule has 0 radical (unpaired) electrons. The van der Waals surface area contributed by atoms with Gasteiger partial charge in [-0.3, -0.25) is 4.79 Å². The third kappa shape index (κ3) is 2.38. The Bertz CT molecular complexity index is 382. The molecule has 1 saturated heterocycles. The van der Waals surface area contributed by atoms with Crippen molar-refractivity contribution in [1.29, 1.82) is 0 Å². The fourth-order valence-corrected chi connectivity index (χ4v) is 2.03. The summed E-state index contributed by atoms with van der Waals surface area (Å²) < 4.78 is 6.51. The predicted octanol–water partition coefficient (Wildman–Crippen LogP) is 1.95. The predicted molar refractivity (Wildman–Crippen MR) is 60.6 cm³/mol. The van der Waals surface area contributed by atoms with Crippen molar-refractivity contribution in [3.8, 4) is 0 Å². The third-order valence-electron chi connectivity index (χ3n) is 2.49. The van der Waals surface area contributed by atoms with E-state index in [1.807, 2.05) is 25.1 Å². The Morgan fingerprint density at radius 2 is 2.33 bits per heavy atom. The highest BCUT2D eigenvalue weighted by Gasteiger charge is 2.21. The van der Waals surface area contributed by atoms with E-state index < -0.39 is 0 Å². The molecular formula is C11H12BrNO2. The van der Waals surface area contributed by atoms with Crippen LogP contribution in [0.15, 0.2) is 22.7 Å². The van der Waals surface area contributed by atoms with Gasteiger partial charge in [-0.15, -0.1) is 0 Å². The lowest BCUT2D eigenvalue weighted by atomic mass is 10.0. The van der Waals surface area contributed by atoms with Crippen LogP contribution in [-0.2, 0) is 9.53 Å². The molecule has 1 atom stereocenters. The molecule has 15 heavy (non-hydrogen) atoms. The van der Waals surface area contributed by atoms with E-state index in [2.05, 4.69) is 21.2 Å². The summed E-state index contributed by atoms with van der Waals surface area (Å²) in [7, 11) is 0. The smallest absolute Gasteiger partial charge is 0.246 e. The topological polar surface area (TPSA) is 38.3 Å². The van der Waals surface area contributed by atoms with Gasteiger partial charge in [-0.1, -0.05) is 22.0 Å². The van der Waals surface area contributed by atoms with E-state index in [1.165, 1.54) is 5.56 Å². The van der Waals surface area contributed by atoms with E-state index >= 15 is 0 Å². The number of amides is 1. The number of ether oxygens (including phenoxy) is 1. The molecular weight excluding hydrogens is 258 g/mol. The highest BCUT2D eigenvalue weighted by atomic mass is 79.9. The maximum atomic E-state index is 10.9. The van der Waals surface area contributed by atoms with Crippen molar-refractivity contribution >= 4 is 21.8 Å². The van der Waals surface area contributed by atoms with Crippen LogP contribution in [0.2, 0.25) is 0 Å². The number of nitrogens with one attached hydrogen (secondary N) is 1. The molecule has 1 N–H and O–H groups in total. The van der Waals surface area contributed by atoms with Gasteiger partial charge >= 0.3 is 0 Å². The van der Waals surface area contributed by atoms with Gasteiger partial charge in [0.15, 0.2) is 0 Å². The van der Waals surface area contributed by atoms with Crippen LogP contribution in [0.25, 0.3) is 0 Å². The summed E-state index contributed by atoms with van der Waals surface area (Å²) in [6, 6.07) is 6.08. The minimum atomic E-state index is -0.0427. The molecule has 1 fully saturated rings. The average molecular weight is 270 g/mol. The molecule has 80 valence electrons. The summed E-state index contributed by atoms with van der Waals surface area (Å²) in [6.45, 7) is 2.74. The van der Waals surface area contributed by atoms with Gasteiger partial charge in [-0.2, -0.15) is 0 Å². The molecule has 3 nitrogen and oxygen atoms in total. The van der Waals surface area contributed by atoms with E-state index in [4.69, 9.17) is 4.74 Å². The largest absolute Gasteiger partial charge is 0.362 e. The van der Waals surface area contributed by atoms with Gasteiger partial charge in [0.05, 0.1) is 0 Å². The summed E-state index contributed by atoms with van der Waals surface area (Å²) >= 11 is 3.43. The van der Waals surface area contributed by atoms with Crippen LogP contribution in [-0.4, -0.2) is 19.1 Å². The van der Waals surface area contributed by atoms with Crippen molar-refractivity contribution in [2.24, 2.45) is 0 Å². The number of halogens is 1. The van der Waals surface area contributed by atoms with Gasteiger partial charge in [0.2, 0.25) is 5.91 Å². The standard InChI is InChI=1S/C11H12BrNO2/c1-7-2-3-8(12)4-9(7)10-5-13-11(14)6-15-10/h2-4,10H,5-6H2,1H3,(H,13,14)/t10-/m0/s1. The lowest BCUT2D eigenvalue weighted by Gasteiger charge is -2.24. The molecule has 0 saturated carbocycles. The minimum absolute atomic E-state index is 0.0276. The fraction of sp³-hybridized carbons (Fsp3) is 0.364. The van der Waals surface area contributed by atoms with Crippen LogP contribution in [0.3, 0.4) is 0 Å². The lowest BCUT2D eigenvalue weighted by Crippen LogP contribution is -2.38. The molecule has 0 spiro atoms. The van der Waals surface area contributed by atoms with Crippen molar-refractivity contribution in [2.45, 2.75) is 13.0 Å². The average Bonchev–Trinajstić information content (AvgIpc) is 2.23. The molecule has 1 heterocycles. The first-order valence-electron chi connectivity index (χ1n) is 4.81. The van der Waals surface area contributed by atoms with E-state index in [1.54, 1.807) is 0 Å². The first-order valence-corrected chi connectivity index (χ1v) is 5.60. The molecule has 1 aromatic carbocycles. The van der Waals surface area contributed by atoms with Gasteiger partial charge < -0.3 is 10.1 Å². The number of morpholine rings is 1. The number of carbonyl (C=O) groups is 1. The highest BCUT2D eigenvalue weighted by molar-refractivity contribution is 9.10. The summed E-state index contributed by atoms with van der Waals surface area (Å²) in [5.74, 6) is -0.0427. The van der Waals surface area contributed by atoms with Crippen LogP contribution in [0.5, 0.6) is 0 Å². The maximum Gasteiger partial charge on any atom is 0.246 e. The lowest BCUT2D eigenvalue weighted by molar-refractivity contribution is -0.133. The Balaban J connectivity index is 2.21. The molecule has 1 amide bonds. The van der Waals surface area contributed by atoms with E-state index in [9.17, 15) is 4.79 Å². The highest BCUT2D eigenvalue weighted by Crippen LogP contribution is 2.25. The Kier molecular flexibility index (Phi) is 3.07. The second kappa shape index (κ2) is 4.33. The van der Waals surface area contributed by atoms with E-state index in [0.717, 1.165) is 10.0 Å². The Hall–Kier alpha value is -0.870. The zero-order valence-electron chi connectivity index (χ0n) is 8.42. The quantitative estimate of drug-likeness (QED) is 0.847. The van der Waals surface area contributed by atoms with Crippen LogP contribution in [0.4, 0.5) is 0 Å². The van der Waals surface area contributed by atoms with Gasteiger partial charge in [-0.25, -0.2) is 0 Å². The Morgan fingerprint density at radius 3 is 3.00 bits per heavy atom. The minimum Gasteiger partial charge on any atom is -0.362 e. The molecule has 2 rings (SSSR count). The van der Waals surface area contributed by atoms with Gasteiger partial charge in [0.25, 0.3) is 0 Å². The van der Waals surface area contributed by atoms with E-state index in [0.29, 0.717) is 6.54 Å². The SMILES string of the molecule is Cc1ccc(Br)cc1[C@@H]1CNC(=O)CO1. The van der Waals surface area contributed by atoms with Crippen molar-refractivity contribution in [1.82, 2.24) is 5.32 Å². The van der Waals surface area contributed by atoms with Gasteiger partial charge in [0, 0.05) is 11.0 Å². The Labute approximate surface area is 96.9 Å². The summed E-state index contributed by atoms with van der Waals surface area (Å²) in [4.78, 5) is 10.9. The van der Waals surface area contributed by atoms with Crippen molar-refractivity contribution in [2.75, 3.05) is 13.2 Å². The van der Waals surface area contributed by atoms with Crippen LogP contribution >= 0.6 is 15.9 Å². The fourth-order valence-electron chi connectivity index (χ4n) is 1.65. The third-order valence-corrected chi connectivity index (χ3v) is 2.98. The first kappa shape index (κ1) is 10.6. The normalized spacial score (nSPS) is 21.2. The van der Waals surface area contributed by atoms with Crippen LogP contribution in [0.1, 0.15) is 17.2 Å². The maximum absolute atomic E-state index is 10.9. The summed E-state index contributed by atoms with van der Waals surface area (Å²) in [5, 5.41) is 2.80. The zero-order valence-corrected chi connectivity index (χ0v) is 10.0. The second-order valence-electron chi connectivity index (χ2n) is 3.60. The summed E-state index contributed by atoms with van der Waals surface area (Å²) in [5.41, 5.74) is 2.31. The number of aryl methyl sites for hydroxylation is 1. The van der Waals surface area contributed by atoms with Crippen molar-refractivity contribution in [3.63, 3.8) is 0 Å². The Morgan fingerprint density at radius 1 is 1.53 bits per heavy atom. The molecule has 0 aromatic heterocycles. The molecule has 1 aromatic rings. The molecule has 0 unspecified atom stereocenters. The van der Waals surface area contributed by atoms with Crippen LogP contribution < -0.4 is 5.32 Å². The molecule has 1 aliphatic rings. The van der Waals surface area contributed by atoms with E-state index in [-0.39, 0.29) is 18.6 Å².